The molecule has 0 amide bonds. The van der Waals surface area contributed by atoms with Crippen molar-refractivity contribution in [1.29, 1.82) is 5.26 Å². The van der Waals surface area contributed by atoms with Crippen LogP contribution in [0.15, 0.2) is 42.1 Å². The maximum atomic E-state index is 8.91. The summed E-state index contributed by atoms with van der Waals surface area (Å²) in [6, 6.07) is 9.60. The largest absolute Gasteiger partial charge is 0.298 e. The molecule has 0 aliphatic carbocycles. The lowest BCUT2D eigenvalue weighted by Gasteiger charge is -2.08. The minimum absolute atomic E-state index is 0.180. The summed E-state index contributed by atoms with van der Waals surface area (Å²) in [5.74, 6) is 0.745. The predicted octanol–water partition coefficient (Wildman–Crippen LogP) is 3.79. The van der Waals surface area contributed by atoms with Crippen molar-refractivity contribution in [3.63, 3.8) is 0 Å². The van der Waals surface area contributed by atoms with Gasteiger partial charge in [0.25, 0.3) is 0 Å². The Balaban J connectivity index is 2.41. The van der Waals surface area contributed by atoms with Crippen LogP contribution in [0.1, 0.15) is 6.92 Å². The Hall–Kier alpha value is -1.77. The van der Waals surface area contributed by atoms with Gasteiger partial charge in [-0.3, -0.25) is 4.57 Å². The lowest BCUT2D eigenvalue weighted by molar-refractivity contribution is 0.730. The van der Waals surface area contributed by atoms with Crippen LogP contribution in [0.25, 0.3) is 11.4 Å². The molecule has 0 bridgehead atoms. The van der Waals surface area contributed by atoms with Crippen molar-refractivity contribution in [2.24, 2.45) is 0 Å². The molecule has 0 spiro atoms. The number of rotatable bonds is 5. The van der Waals surface area contributed by atoms with Gasteiger partial charge in [0.15, 0.2) is 11.0 Å². The number of benzene rings is 1. The number of nitrogens with zero attached hydrogens (tertiary/aromatic N) is 4. The van der Waals surface area contributed by atoms with Gasteiger partial charge in [0, 0.05) is 17.1 Å². The van der Waals surface area contributed by atoms with Crippen molar-refractivity contribution >= 4 is 23.4 Å². The van der Waals surface area contributed by atoms with Gasteiger partial charge < -0.3 is 0 Å². The van der Waals surface area contributed by atoms with Crippen LogP contribution in [0, 0.1) is 11.3 Å². The second-order valence-electron chi connectivity index (χ2n) is 4.10. The first kappa shape index (κ1) is 14.6. The second-order valence-corrected chi connectivity index (χ2v) is 5.85. The van der Waals surface area contributed by atoms with Crippen LogP contribution in [0.5, 0.6) is 0 Å². The fourth-order valence-corrected chi connectivity index (χ4v) is 2.54. The smallest absolute Gasteiger partial charge is 0.193 e. The molecule has 0 N–H and O–H groups in total. The van der Waals surface area contributed by atoms with Crippen molar-refractivity contribution in [3.05, 3.63) is 41.9 Å². The van der Waals surface area contributed by atoms with E-state index < -0.39 is 0 Å². The summed E-state index contributed by atoms with van der Waals surface area (Å²) < 4.78 is 1.94. The Bertz CT molecular complexity index is 642. The molecule has 0 aliphatic heterocycles. The first-order valence-electron chi connectivity index (χ1n) is 6.02. The standard InChI is InChI=1S/C14H13ClN4S/c1-3-8-19-13(11-4-6-12(15)7-5-11)17-18-14(19)20-10(2)9-16/h3-7,10H,1,8H2,2H3/t10-/m0/s1. The van der Waals surface area contributed by atoms with E-state index in [0.717, 1.165) is 11.4 Å². The first-order chi connectivity index (χ1) is 9.65. The summed E-state index contributed by atoms with van der Waals surface area (Å²) in [6.45, 7) is 6.17. The van der Waals surface area contributed by atoms with E-state index in [2.05, 4.69) is 22.8 Å². The average Bonchev–Trinajstić information content (AvgIpc) is 2.83. The van der Waals surface area contributed by atoms with Gasteiger partial charge in [-0.05, 0) is 31.2 Å². The molecule has 0 unspecified atom stereocenters. The first-order valence-corrected chi connectivity index (χ1v) is 7.27. The lowest BCUT2D eigenvalue weighted by atomic mass is 10.2. The molecular formula is C14H13ClN4S. The van der Waals surface area contributed by atoms with Gasteiger partial charge in [-0.15, -0.1) is 16.8 Å². The van der Waals surface area contributed by atoms with Crippen LogP contribution in [0.2, 0.25) is 5.02 Å². The Labute approximate surface area is 127 Å². The molecule has 0 radical (unpaired) electrons. The molecule has 2 rings (SSSR count). The van der Waals surface area contributed by atoms with Crippen LogP contribution in [0.3, 0.4) is 0 Å². The number of allylic oxidation sites excluding steroid dienone is 1. The molecule has 4 nitrogen and oxygen atoms in total. The highest BCUT2D eigenvalue weighted by Gasteiger charge is 2.15. The maximum Gasteiger partial charge on any atom is 0.193 e. The van der Waals surface area contributed by atoms with E-state index in [9.17, 15) is 0 Å². The van der Waals surface area contributed by atoms with Crippen molar-refractivity contribution in [2.75, 3.05) is 0 Å². The van der Waals surface area contributed by atoms with E-state index in [0.29, 0.717) is 16.7 Å². The van der Waals surface area contributed by atoms with Gasteiger partial charge in [-0.25, -0.2) is 0 Å². The second kappa shape index (κ2) is 6.60. The molecule has 6 heteroatoms. The summed E-state index contributed by atoms with van der Waals surface area (Å²) in [4.78, 5) is 0. The molecule has 20 heavy (non-hydrogen) atoms. The molecule has 0 saturated heterocycles. The summed E-state index contributed by atoms with van der Waals surface area (Å²) in [6.07, 6.45) is 1.78. The normalized spacial score (nSPS) is 11.8. The zero-order valence-electron chi connectivity index (χ0n) is 11.0. The summed E-state index contributed by atoms with van der Waals surface area (Å²) in [7, 11) is 0. The topological polar surface area (TPSA) is 54.5 Å². The summed E-state index contributed by atoms with van der Waals surface area (Å²) in [5.41, 5.74) is 0.931. The zero-order valence-corrected chi connectivity index (χ0v) is 12.5. The molecule has 1 aromatic carbocycles. The van der Waals surface area contributed by atoms with Crippen LogP contribution in [-0.4, -0.2) is 20.0 Å². The van der Waals surface area contributed by atoms with E-state index in [4.69, 9.17) is 16.9 Å². The van der Waals surface area contributed by atoms with Crippen LogP contribution < -0.4 is 0 Å². The Morgan fingerprint density at radius 2 is 2.15 bits per heavy atom. The van der Waals surface area contributed by atoms with Gasteiger partial charge in [0.2, 0.25) is 0 Å². The molecule has 1 aromatic heterocycles. The number of hydrogen-bond donors (Lipinski definition) is 0. The van der Waals surface area contributed by atoms with Crippen LogP contribution in [-0.2, 0) is 6.54 Å². The highest BCUT2D eigenvalue weighted by atomic mass is 35.5. The van der Waals surface area contributed by atoms with Gasteiger partial charge in [0.05, 0.1) is 11.3 Å². The molecule has 0 aliphatic rings. The fourth-order valence-electron chi connectivity index (χ4n) is 1.67. The Kier molecular flexibility index (Phi) is 4.83. The quantitative estimate of drug-likeness (QED) is 0.623. The number of hydrogen-bond acceptors (Lipinski definition) is 4. The van der Waals surface area contributed by atoms with Gasteiger partial charge in [0.1, 0.15) is 0 Å². The van der Waals surface area contributed by atoms with E-state index >= 15 is 0 Å². The molecule has 0 saturated carbocycles. The van der Waals surface area contributed by atoms with Crippen LogP contribution >= 0.6 is 23.4 Å². The van der Waals surface area contributed by atoms with Gasteiger partial charge in [-0.2, -0.15) is 5.26 Å². The Morgan fingerprint density at radius 1 is 1.45 bits per heavy atom. The van der Waals surface area contributed by atoms with Crippen molar-refractivity contribution in [3.8, 4) is 17.5 Å². The van der Waals surface area contributed by atoms with Crippen molar-refractivity contribution in [2.45, 2.75) is 23.9 Å². The number of thioether (sulfide) groups is 1. The third kappa shape index (κ3) is 3.21. The average molecular weight is 305 g/mol. The third-order valence-electron chi connectivity index (χ3n) is 2.59. The van der Waals surface area contributed by atoms with Gasteiger partial charge >= 0.3 is 0 Å². The zero-order chi connectivity index (χ0) is 14.5. The minimum atomic E-state index is -0.180. The Morgan fingerprint density at radius 3 is 2.75 bits per heavy atom. The number of nitriles is 1. The van der Waals surface area contributed by atoms with Gasteiger partial charge in [-0.1, -0.05) is 29.4 Å². The molecule has 102 valence electrons. The SMILES string of the molecule is C=CCn1c(S[C@@H](C)C#N)nnc1-c1ccc(Cl)cc1. The fraction of sp³-hybridized carbons (Fsp3) is 0.214. The molecular weight excluding hydrogens is 292 g/mol. The van der Waals surface area contributed by atoms with E-state index in [1.807, 2.05) is 35.8 Å². The molecule has 0 fully saturated rings. The number of aromatic nitrogens is 3. The molecule has 2 aromatic rings. The third-order valence-corrected chi connectivity index (χ3v) is 3.82. The minimum Gasteiger partial charge on any atom is -0.298 e. The maximum absolute atomic E-state index is 8.91. The van der Waals surface area contributed by atoms with E-state index in [-0.39, 0.29) is 5.25 Å². The summed E-state index contributed by atoms with van der Waals surface area (Å²) in [5, 5.41) is 18.5. The lowest BCUT2D eigenvalue weighted by Crippen LogP contribution is -2.02. The summed E-state index contributed by atoms with van der Waals surface area (Å²) >= 11 is 7.28. The highest BCUT2D eigenvalue weighted by molar-refractivity contribution is 8.00. The number of halogens is 1. The van der Waals surface area contributed by atoms with Crippen molar-refractivity contribution < 1.29 is 0 Å². The predicted molar refractivity (Wildman–Crippen MR) is 81.6 cm³/mol. The monoisotopic (exact) mass is 304 g/mol. The van der Waals surface area contributed by atoms with Crippen LogP contribution in [0.4, 0.5) is 0 Å². The molecule has 1 atom stereocenters. The van der Waals surface area contributed by atoms with E-state index in [1.165, 1.54) is 11.8 Å². The van der Waals surface area contributed by atoms with E-state index in [1.54, 1.807) is 6.08 Å². The van der Waals surface area contributed by atoms with Crippen molar-refractivity contribution in [1.82, 2.24) is 14.8 Å². The highest BCUT2D eigenvalue weighted by Crippen LogP contribution is 2.27. The molecule has 1 heterocycles.